The van der Waals surface area contributed by atoms with Crippen molar-refractivity contribution >= 4 is 28.8 Å². The summed E-state index contributed by atoms with van der Waals surface area (Å²) in [4.78, 5) is 5.49. The SMILES string of the molecule is CC1(C)CCC(C)(C)c2cc(N(c3ccccc3)c3ccc4c(c3)Sc3ccccc3C43C4CC5CC(C4)CC3C5)ccc21. The molecular formula is C42H45NS. The number of benzene rings is 4. The van der Waals surface area contributed by atoms with Gasteiger partial charge in [0.2, 0.25) is 0 Å². The Bertz CT molecular complexity index is 1740. The number of anilines is 3. The zero-order valence-electron chi connectivity index (χ0n) is 26.8. The first-order valence-electron chi connectivity index (χ1n) is 17.2. The van der Waals surface area contributed by atoms with E-state index in [0.717, 1.165) is 23.7 Å². The maximum absolute atomic E-state index is 2.57. The van der Waals surface area contributed by atoms with Gasteiger partial charge in [-0.15, -0.1) is 0 Å². The minimum atomic E-state index is 0.171. The molecule has 10 rings (SSSR count). The van der Waals surface area contributed by atoms with Crippen molar-refractivity contribution in [3.8, 4) is 0 Å². The molecule has 0 atom stereocenters. The molecule has 6 aliphatic rings. The molecule has 0 aromatic heterocycles. The third-order valence-electron chi connectivity index (χ3n) is 12.8. The molecule has 4 bridgehead atoms. The summed E-state index contributed by atoms with van der Waals surface area (Å²) in [6.45, 7) is 9.73. The molecule has 224 valence electrons. The van der Waals surface area contributed by atoms with Gasteiger partial charge in [-0.2, -0.15) is 0 Å². The van der Waals surface area contributed by atoms with Crippen LogP contribution in [0.1, 0.15) is 94.9 Å². The predicted octanol–water partition coefficient (Wildman–Crippen LogP) is 11.7. The van der Waals surface area contributed by atoms with Gasteiger partial charge in [-0.25, -0.2) is 0 Å². The Balaban J connectivity index is 1.22. The molecule has 5 aliphatic carbocycles. The first kappa shape index (κ1) is 27.3. The van der Waals surface area contributed by atoms with Gasteiger partial charge in [0.25, 0.3) is 0 Å². The van der Waals surface area contributed by atoms with Crippen molar-refractivity contribution in [2.45, 2.75) is 98.7 Å². The van der Waals surface area contributed by atoms with Crippen LogP contribution in [-0.2, 0) is 16.2 Å². The Hall–Kier alpha value is -2.97. The van der Waals surface area contributed by atoms with Gasteiger partial charge in [0.15, 0.2) is 0 Å². The molecule has 0 amide bonds. The average molecular weight is 596 g/mol. The fourth-order valence-electron chi connectivity index (χ4n) is 10.8. The number of hydrogen-bond acceptors (Lipinski definition) is 2. The summed E-state index contributed by atoms with van der Waals surface area (Å²) in [5, 5.41) is 0. The first-order chi connectivity index (χ1) is 21.2. The molecule has 4 aromatic rings. The Morgan fingerprint density at radius 2 is 1.09 bits per heavy atom. The number of para-hydroxylation sites is 1. The second-order valence-corrected chi connectivity index (χ2v) is 17.2. The quantitative estimate of drug-likeness (QED) is 0.232. The van der Waals surface area contributed by atoms with Gasteiger partial charge in [-0.3, -0.25) is 0 Å². The van der Waals surface area contributed by atoms with Crippen LogP contribution < -0.4 is 4.90 Å². The van der Waals surface area contributed by atoms with E-state index in [1.165, 1.54) is 82.9 Å². The predicted molar refractivity (Wildman–Crippen MR) is 185 cm³/mol. The lowest BCUT2D eigenvalue weighted by atomic mass is 9.42. The zero-order chi connectivity index (χ0) is 29.8. The van der Waals surface area contributed by atoms with Crippen LogP contribution in [0.15, 0.2) is 101 Å². The van der Waals surface area contributed by atoms with Crippen molar-refractivity contribution in [2.24, 2.45) is 23.7 Å². The van der Waals surface area contributed by atoms with Crippen LogP contribution in [0.3, 0.4) is 0 Å². The molecule has 1 nitrogen and oxygen atoms in total. The highest BCUT2D eigenvalue weighted by molar-refractivity contribution is 7.99. The van der Waals surface area contributed by atoms with E-state index in [9.17, 15) is 0 Å². The summed E-state index contributed by atoms with van der Waals surface area (Å²) in [6, 6.07) is 35.4. The summed E-state index contributed by atoms with van der Waals surface area (Å²) in [7, 11) is 0. The number of fused-ring (bicyclic) bond motifs is 3. The maximum Gasteiger partial charge on any atom is 0.0473 e. The lowest BCUT2D eigenvalue weighted by Crippen LogP contribution is -2.57. The molecule has 1 aliphatic heterocycles. The van der Waals surface area contributed by atoms with Gasteiger partial charge >= 0.3 is 0 Å². The van der Waals surface area contributed by atoms with E-state index < -0.39 is 0 Å². The molecule has 2 heteroatoms. The van der Waals surface area contributed by atoms with Crippen LogP contribution in [0.5, 0.6) is 0 Å². The average Bonchev–Trinajstić information content (AvgIpc) is 3.02. The minimum absolute atomic E-state index is 0.171. The first-order valence-corrected chi connectivity index (χ1v) is 18.0. The van der Waals surface area contributed by atoms with Gasteiger partial charge in [0.1, 0.15) is 0 Å². The van der Waals surface area contributed by atoms with Crippen molar-refractivity contribution < 1.29 is 0 Å². The van der Waals surface area contributed by atoms with Crippen molar-refractivity contribution in [3.63, 3.8) is 0 Å². The Morgan fingerprint density at radius 3 is 1.80 bits per heavy atom. The number of rotatable bonds is 3. The zero-order valence-corrected chi connectivity index (χ0v) is 27.6. The van der Waals surface area contributed by atoms with Crippen LogP contribution in [0, 0.1) is 23.7 Å². The van der Waals surface area contributed by atoms with Gasteiger partial charge in [0.05, 0.1) is 0 Å². The molecule has 0 saturated heterocycles. The van der Waals surface area contributed by atoms with E-state index >= 15 is 0 Å². The van der Waals surface area contributed by atoms with E-state index in [2.05, 4.69) is 124 Å². The lowest BCUT2D eigenvalue weighted by Gasteiger charge is -2.63. The molecule has 1 heterocycles. The molecule has 1 spiro atoms. The third kappa shape index (κ3) is 3.85. The third-order valence-corrected chi connectivity index (χ3v) is 13.9. The highest BCUT2D eigenvalue weighted by atomic mass is 32.2. The largest absolute Gasteiger partial charge is 0.310 e. The smallest absolute Gasteiger partial charge is 0.0473 e. The normalized spacial score (nSPS) is 30.0. The van der Waals surface area contributed by atoms with Crippen molar-refractivity contribution in [3.05, 3.63) is 113 Å². The van der Waals surface area contributed by atoms with Crippen LogP contribution in [0.4, 0.5) is 17.1 Å². The minimum Gasteiger partial charge on any atom is -0.310 e. The van der Waals surface area contributed by atoms with Crippen LogP contribution in [-0.4, -0.2) is 0 Å². The topological polar surface area (TPSA) is 3.24 Å². The van der Waals surface area contributed by atoms with Crippen LogP contribution in [0.2, 0.25) is 0 Å². The summed E-state index contributed by atoms with van der Waals surface area (Å²) >= 11 is 2.02. The molecule has 0 radical (unpaired) electrons. The second kappa shape index (κ2) is 9.52. The van der Waals surface area contributed by atoms with Crippen LogP contribution in [0.25, 0.3) is 0 Å². The Kier molecular flexibility index (Phi) is 5.92. The van der Waals surface area contributed by atoms with Crippen molar-refractivity contribution in [1.29, 1.82) is 0 Å². The maximum atomic E-state index is 2.57. The number of nitrogens with zero attached hydrogens (tertiary/aromatic N) is 1. The lowest BCUT2D eigenvalue weighted by molar-refractivity contribution is -0.0443. The molecule has 4 fully saturated rings. The number of hydrogen-bond donors (Lipinski definition) is 0. The van der Waals surface area contributed by atoms with Gasteiger partial charge in [-0.1, -0.05) is 88.0 Å². The summed E-state index contributed by atoms with van der Waals surface area (Å²) < 4.78 is 0. The summed E-state index contributed by atoms with van der Waals surface area (Å²) in [5.74, 6) is 3.47. The Morgan fingerprint density at radius 1 is 0.523 bits per heavy atom. The fourth-order valence-corrected chi connectivity index (χ4v) is 12.0. The van der Waals surface area contributed by atoms with E-state index in [1.54, 1.807) is 11.1 Å². The monoisotopic (exact) mass is 595 g/mol. The summed E-state index contributed by atoms with van der Waals surface area (Å²) in [6.07, 6.45) is 9.64. The fraction of sp³-hybridized carbons (Fsp3) is 0.429. The van der Waals surface area contributed by atoms with Gasteiger partial charge in [-0.05, 0) is 144 Å². The molecule has 4 aromatic carbocycles. The van der Waals surface area contributed by atoms with E-state index in [4.69, 9.17) is 0 Å². The molecule has 0 unspecified atom stereocenters. The van der Waals surface area contributed by atoms with E-state index in [1.807, 2.05) is 11.8 Å². The molecular weight excluding hydrogens is 551 g/mol. The van der Waals surface area contributed by atoms with Gasteiger partial charge in [0, 0.05) is 32.3 Å². The Labute approximate surface area is 268 Å². The molecule has 4 saturated carbocycles. The highest BCUT2D eigenvalue weighted by Gasteiger charge is 2.60. The highest BCUT2D eigenvalue weighted by Crippen LogP contribution is 2.69. The van der Waals surface area contributed by atoms with Crippen LogP contribution >= 0.6 is 11.8 Å². The van der Waals surface area contributed by atoms with Crippen molar-refractivity contribution in [2.75, 3.05) is 4.90 Å². The standard InChI is InChI=1S/C42H45NS/c1-40(2)18-19-41(3,4)37-25-32(14-16-34(37)40)43(31-10-6-5-7-11-31)33-15-17-36-39(26-33)44-38-13-9-8-12-35(38)42(36)29-21-27-20-28(23-29)24-30(42)22-27/h5-17,25-30H,18-24H2,1-4H3. The van der Waals surface area contributed by atoms with E-state index in [0.29, 0.717) is 0 Å². The van der Waals surface area contributed by atoms with E-state index in [-0.39, 0.29) is 16.2 Å². The second-order valence-electron chi connectivity index (χ2n) is 16.1. The summed E-state index contributed by atoms with van der Waals surface area (Å²) in [5.41, 5.74) is 10.6. The van der Waals surface area contributed by atoms with Crippen molar-refractivity contribution in [1.82, 2.24) is 0 Å². The molecule has 44 heavy (non-hydrogen) atoms. The van der Waals surface area contributed by atoms with Gasteiger partial charge < -0.3 is 4.90 Å². The molecule has 0 N–H and O–H groups in total.